The van der Waals surface area contributed by atoms with Gasteiger partial charge in [0.05, 0.1) is 24.8 Å². The number of nitriles is 1. The van der Waals surface area contributed by atoms with Crippen molar-refractivity contribution in [3.8, 4) is 6.07 Å². The summed E-state index contributed by atoms with van der Waals surface area (Å²) in [6, 6.07) is 3.50. The fraction of sp³-hybridized carbons (Fsp3) is 0.364. The van der Waals surface area contributed by atoms with Crippen molar-refractivity contribution < 1.29 is 27.4 Å². The number of rotatable bonds is 4. The summed E-state index contributed by atoms with van der Waals surface area (Å²) in [5.74, 6) is -1.05. The summed E-state index contributed by atoms with van der Waals surface area (Å²) >= 11 is 0. The van der Waals surface area contributed by atoms with E-state index in [4.69, 9.17) is 15.1 Å². The van der Waals surface area contributed by atoms with Gasteiger partial charge in [-0.3, -0.25) is 0 Å². The van der Waals surface area contributed by atoms with Gasteiger partial charge in [-0.05, 0) is 12.1 Å². The number of halogens is 4. The fourth-order valence-corrected chi connectivity index (χ4v) is 1.37. The number of aliphatic hydroxyl groups is 1. The first-order valence-electron chi connectivity index (χ1n) is 4.89. The van der Waals surface area contributed by atoms with E-state index in [-0.39, 0.29) is 6.61 Å². The summed E-state index contributed by atoms with van der Waals surface area (Å²) in [6.07, 6.45) is -6.29. The van der Waals surface area contributed by atoms with Crippen LogP contribution in [-0.4, -0.2) is 18.3 Å². The van der Waals surface area contributed by atoms with Crippen molar-refractivity contribution in [2.24, 2.45) is 0 Å². The molecule has 1 N–H and O–H groups in total. The predicted molar refractivity (Wildman–Crippen MR) is 52.8 cm³/mol. The van der Waals surface area contributed by atoms with Crippen LogP contribution in [-0.2, 0) is 10.9 Å². The molecular weight excluding hydrogens is 254 g/mol. The summed E-state index contributed by atoms with van der Waals surface area (Å²) in [7, 11) is 0. The lowest BCUT2D eigenvalue weighted by Gasteiger charge is -2.16. The highest BCUT2D eigenvalue weighted by Crippen LogP contribution is 2.35. The Balaban J connectivity index is 3.18. The van der Waals surface area contributed by atoms with Crippen LogP contribution in [0.2, 0.25) is 0 Å². The van der Waals surface area contributed by atoms with Gasteiger partial charge in [0.25, 0.3) is 0 Å². The molecule has 0 fully saturated rings. The number of nitrogens with zero attached hydrogens (tertiary/aromatic N) is 1. The van der Waals surface area contributed by atoms with Crippen LogP contribution in [0.5, 0.6) is 0 Å². The van der Waals surface area contributed by atoms with Gasteiger partial charge in [-0.2, -0.15) is 18.4 Å². The Morgan fingerprint density at radius 1 is 1.39 bits per heavy atom. The molecule has 18 heavy (non-hydrogen) atoms. The first-order chi connectivity index (χ1) is 8.40. The Kier molecular flexibility index (Phi) is 4.64. The zero-order chi connectivity index (χ0) is 13.8. The highest BCUT2D eigenvalue weighted by Gasteiger charge is 2.36. The second kappa shape index (κ2) is 5.80. The van der Waals surface area contributed by atoms with E-state index in [0.717, 1.165) is 12.1 Å². The molecule has 1 atom stereocenters. The molecule has 0 saturated carbocycles. The largest absolute Gasteiger partial charge is 0.416 e. The van der Waals surface area contributed by atoms with Crippen LogP contribution in [0.3, 0.4) is 0 Å². The van der Waals surface area contributed by atoms with E-state index in [1.165, 1.54) is 6.07 Å². The molecule has 0 aliphatic carbocycles. The first-order valence-corrected chi connectivity index (χ1v) is 4.89. The SMILES string of the molecule is N#CC(OCCO)c1ccc(F)cc1C(F)(F)F. The zero-order valence-corrected chi connectivity index (χ0v) is 9.04. The third-order valence-corrected chi connectivity index (χ3v) is 2.10. The molecular formula is C11H9F4NO2. The summed E-state index contributed by atoms with van der Waals surface area (Å²) in [5, 5.41) is 17.3. The Bertz CT molecular complexity index is 453. The number of hydrogen-bond donors (Lipinski definition) is 1. The molecule has 0 aliphatic rings. The van der Waals surface area contributed by atoms with Gasteiger partial charge < -0.3 is 9.84 Å². The maximum atomic E-state index is 12.8. The van der Waals surface area contributed by atoms with E-state index in [1.807, 2.05) is 0 Å². The minimum absolute atomic E-state index is 0.285. The van der Waals surface area contributed by atoms with E-state index >= 15 is 0 Å². The molecule has 1 rings (SSSR count). The molecule has 1 aromatic carbocycles. The van der Waals surface area contributed by atoms with Crippen molar-refractivity contribution in [1.82, 2.24) is 0 Å². The molecule has 0 saturated heterocycles. The van der Waals surface area contributed by atoms with E-state index < -0.39 is 35.8 Å². The summed E-state index contributed by atoms with van der Waals surface area (Å²) < 4.78 is 55.6. The van der Waals surface area contributed by atoms with Gasteiger partial charge in [-0.15, -0.1) is 0 Å². The lowest BCUT2D eigenvalue weighted by atomic mass is 10.0. The van der Waals surface area contributed by atoms with Crippen LogP contribution in [0.1, 0.15) is 17.2 Å². The molecule has 7 heteroatoms. The van der Waals surface area contributed by atoms with Crippen LogP contribution < -0.4 is 0 Å². The number of ether oxygens (including phenoxy) is 1. The number of benzene rings is 1. The van der Waals surface area contributed by atoms with Crippen LogP contribution >= 0.6 is 0 Å². The minimum Gasteiger partial charge on any atom is -0.394 e. The molecule has 0 radical (unpaired) electrons. The Labute approximate surface area is 100 Å². The average molecular weight is 263 g/mol. The van der Waals surface area contributed by atoms with E-state index in [9.17, 15) is 17.6 Å². The van der Waals surface area contributed by atoms with Gasteiger partial charge in [-0.1, -0.05) is 6.07 Å². The monoisotopic (exact) mass is 263 g/mol. The lowest BCUT2D eigenvalue weighted by molar-refractivity contribution is -0.139. The predicted octanol–water partition coefficient (Wildman–Crippen LogP) is 2.42. The summed E-state index contributed by atoms with van der Waals surface area (Å²) in [5.41, 5.74) is -1.73. The van der Waals surface area contributed by atoms with Gasteiger partial charge in [0, 0.05) is 5.56 Å². The van der Waals surface area contributed by atoms with Gasteiger partial charge in [0.1, 0.15) is 5.82 Å². The third kappa shape index (κ3) is 3.42. The maximum absolute atomic E-state index is 12.8. The van der Waals surface area contributed by atoms with E-state index in [2.05, 4.69) is 0 Å². The van der Waals surface area contributed by atoms with Crippen LogP contribution in [0.4, 0.5) is 17.6 Å². The van der Waals surface area contributed by atoms with Gasteiger partial charge in [-0.25, -0.2) is 4.39 Å². The van der Waals surface area contributed by atoms with Crippen molar-refractivity contribution in [1.29, 1.82) is 5.26 Å². The average Bonchev–Trinajstić information content (AvgIpc) is 2.30. The molecule has 0 aromatic heterocycles. The Hall–Kier alpha value is -1.65. The van der Waals surface area contributed by atoms with Gasteiger partial charge >= 0.3 is 6.18 Å². The maximum Gasteiger partial charge on any atom is 0.416 e. The van der Waals surface area contributed by atoms with E-state index in [1.54, 1.807) is 0 Å². The normalized spacial score (nSPS) is 13.1. The highest BCUT2D eigenvalue weighted by atomic mass is 19.4. The second-order valence-electron chi connectivity index (χ2n) is 3.33. The standard InChI is InChI=1S/C11H9F4NO2/c12-7-1-2-8(9(5-7)11(13,14)15)10(6-16)18-4-3-17/h1-2,5,10,17H,3-4H2. The molecule has 0 spiro atoms. The molecule has 3 nitrogen and oxygen atoms in total. The van der Waals surface area contributed by atoms with E-state index in [0.29, 0.717) is 6.07 Å². The second-order valence-corrected chi connectivity index (χ2v) is 3.33. The van der Waals surface area contributed by atoms with Crippen molar-refractivity contribution in [3.05, 3.63) is 35.1 Å². The smallest absolute Gasteiger partial charge is 0.394 e. The first kappa shape index (κ1) is 14.4. The number of aliphatic hydroxyl groups excluding tert-OH is 1. The zero-order valence-electron chi connectivity index (χ0n) is 9.04. The van der Waals surface area contributed by atoms with Crippen molar-refractivity contribution in [3.63, 3.8) is 0 Å². The fourth-order valence-electron chi connectivity index (χ4n) is 1.37. The van der Waals surface area contributed by atoms with Crippen LogP contribution in [0.25, 0.3) is 0 Å². The Morgan fingerprint density at radius 3 is 2.56 bits per heavy atom. The Morgan fingerprint density at radius 2 is 2.06 bits per heavy atom. The van der Waals surface area contributed by atoms with Crippen LogP contribution in [0, 0.1) is 17.1 Å². The molecule has 0 amide bonds. The highest BCUT2D eigenvalue weighted by molar-refractivity contribution is 5.34. The molecule has 1 aromatic rings. The van der Waals surface area contributed by atoms with Gasteiger partial charge in [0.2, 0.25) is 0 Å². The molecule has 1 unspecified atom stereocenters. The van der Waals surface area contributed by atoms with Crippen molar-refractivity contribution in [2.45, 2.75) is 12.3 Å². The van der Waals surface area contributed by atoms with Crippen molar-refractivity contribution >= 4 is 0 Å². The summed E-state index contributed by atoms with van der Waals surface area (Å²) in [6.45, 7) is -0.715. The minimum atomic E-state index is -4.78. The lowest BCUT2D eigenvalue weighted by Crippen LogP contribution is -2.15. The molecule has 0 bridgehead atoms. The van der Waals surface area contributed by atoms with Gasteiger partial charge in [0.15, 0.2) is 6.10 Å². The third-order valence-electron chi connectivity index (χ3n) is 2.10. The summed E-state index contributed by atoms with van der Waals surface area (Å²) in [4.78, 5) is 0. The van der Waals surface area contributed by atoms with Crippen molar-refractivity contribution in [2.75, 3.05) is 13.2 Å². The molecule has 98 valence electrons. The number of hydrogen-bond acceptors (Lipinski definition) is 3. The molecule has 0 aliphatic heterocycles. The number of alkyl halides is 3. The topological polar surface area (TPSA) is 53.2 Å². The quantitative estimate of drug-likeness (QED) is 0.849. The molecule has 0 heterocycles. The van der Waals surface area contributed by atoms with Crippen LogP contribution in [0.15, 0.2) is 18.2 Å².